The average Bonchev–Trinajstić information content (AvgIpc) is 2.65. The van der Waals surface area contributed by atoms with Crippen molar-refractivity contribution in [1.29, 1.82) is 0 Å². The van der Waals surface area contributed by atoms with Crippen LogP contribution in [0, 0.1) is 5.95 Å². The topological polar surface area (TPSA) is 50.8 Å². The smallest absolute Gasteiger partial charge is 0.217 e. The van der Waals surface area contributed by atoms with E-state index in [1.807, 2.05) is 0 Å². The molecular formula is C9H7BrFN3O. The first-order valence-electron chi connectivity index (χ1n) is 4.18. The van der Waals surface area contributed by atoms with E-state index < -0.39 is 5.95 Å². The molecule has 4 nitrogen and oxygen atoms in total. The van der Waals surface area contributed by atoms with Gasteiger partial charge in [0.15, 0.2) is 0 Å². The molecule has 2 heterocycles. The van der Waals surface area contributed by atoms with Gasteiger partial charge in [-0.3, -0.25) is 0 Å². The van der Waals surface area contributed by atoms with E-state index in [-0.39, 0.29) is 6.61 Å². The van der Waals surface area contributed by atoms with Gasteiger partial charge in [-0.15, -0.1) is 0 Å². The van der Waals surface area contributed by atoms with Crippen LogP contribution in [0.2, 0.25) is 0 Å². The molecule has 6 heteroatoms. The van der Waals surface area contributed by atoms with Crippen LogP contribution in [0.4, 0.5) is 4.39 Å². The first-order valence-corrected chi connectivity index (χ1v) is 4.97. The van der Waals surface area contributed by atoms with Crippen molar-refractivity contribution in [3.05, 3.63) is 40.9 Å². The molecule has 0 radical (unpaired) electrons. The SMILES string of the molecule is Fc1cc(OCc2ncc[nH]2)cc(Br)n1. The van der Waals surface area contributed by atoms with Crippen LogP contribution in [0.25, 0.3) is 0 Å². The van der Waals surface area contributed by atoms with E-state index in [1.54, 1.807) is 18.5 Å². The van der Waals surface area contributed by atoms with Crippen molar-refractivity contribution in [3.8, 4) is 5.75 Å². The van der Waals surface area contributed by atoms with Crippen LogP contribution in [-0.2, 0) is 6.61 Å². The lowest BCUT2D eigenvalue weighted by Gasteiger charge is -2.04. The van der Waals surface area contributed by atoms with E-state index in [2.05, 4.69) is 30.9 Å². The Hall–Kier alpha value is -1.43. The van der Waals surface area contributed by atoms with Gasteiger partial charge < -0.3 is 9.72 Å². The highest BCUT2D eigenvalue weighted by Gasteiger charge is 2.02. The van der Waals surface area contributed by atoms with Gasteiger partial charge >= 0.3 is 0 Å². The third-order valence-electron chi connectivity index (χ3n) is 1.67. The number of aromatic amines is 1. The predicted octanol–water partition coefficient (Wildman–Crippen LogP) is 2.29. The van der Waals surface area contributed by atoms with Crippen LogP contribution in [0.5, 0.6) is 5.75 Å². The lowest BCUT2D eigenvalue weighted by Crippen LogP contribution is -1.98. The first kappa shape index (κ1) is 10.1. The number of nitrogens with one attached hydrogen (secondary N) is 1. The third kappa shape index (κ3) is 2.76. The zero-order valence-electron chi connectivity index (χ0n) is 7.58. The number of rotatable bonds is 3. The minimum Gasteiger partial charge on any atom is -0.485 e. The van der Waals surface area contributed by atoms with Crippen molar-refractivity contribution >= 4 is 15.9 Å². The second-order valence-corrected chi connectivity index (χ2v) is 3.59. The zero-order chi connectivity index (χ0) is 10.7. The second-order valence-electron chi connectivity index (χ2n) is 2.77. The van der Waals surface area contributed by atoms with Crippen molar-refractivity contribution in [2.75, 3.05) is 0 Å². The Bertz CT molecular complexity index is 426. The van der Waals surface area contributed by atoms with Crippen molar-refractivity contribution in [2.45, 2.75) is 6.61 Å². The van der Waals surface area contributed by atoms with Gasteiger partial charge in [-0.25, -0.2) is 9.97 Å². The van der Waals surface area contributed by atoms with Crippen molar-refractivity contribution < 1.29 is 9.13 Å². The maximum absolute atomic E-state index is 12.8. The molecule has 0 bridgehead atoms. The van der Waals surface area contributed by atoms with E-state index in [0.29, 0.717) is 16.2 Å². The molecule has 2 aromatic heterocycles. The number of pyridine rings is 1. The fourth-order valence-electron chi connectivity index (χ4n) is 1.05. The summed E-state index contributed by atoms with van der Waals surface area (Å²) in [7, 11) is 0. The standard InChI is InChI=1S/C9H7BrFN3O/c10-7-3-6(4-8(11)14-7)15-5-9-12-1-2-13-9/h1-4H,5H2,(H,12,13). The van der Waals surface area contributed by atoms with E-state index in [4.69, 9.17) is 4.74 Å². The number of halogens is 2. The van der Waals surface area contributed by atoms with E-state index in [1.165, 1.54) is 6.07 Å². The number of hydrogen-bond acceptors (Lipinski definition) is 3. The maximum Gasteiger partial charge on any atom is 0.217 e. The molecule has 0 aliphatic rings. The molecule has 0 spiro atoms. The molecule has 2 rings (SSSR count). The van der Waals surface area contributed by atoms with Crippen LogP contribution >= 0.6 is 15.9 Å². The number of aromatic nitrogens is 3. The molecule has 0 aliphatic heterocycles. The number of nitrogens with zero attached hydrogens (tertiary/aromatic N) is 2. The quantitative estimate of drug-likeness (QED) is 0.872. The summed E-state index contributed by atoms with van der Waals surface area (Å²) in [6, 6.07) is 2.81. The Morgan fingerprint density at radius 2 is 2.33 bits per heavy atom. The first-order chi connectivity index (χ1) is 7.24. The maximum atomic E-state index is 12.8. The Labute approximate surface area is 93.6 Å². The molecule has 0 atom stereocenters. The molecule has 0 amide bonds. The summed E-state index contributed by atoms with van der Waals surface area (Å²) < 4.78 is 18.6. The predicted molar refractivity (Wildman–Crippen MR) is 54.8 cm³/mol. The van der Waals surface area contributed by atoms with Crippen LogP contribution in [0.15, 0.2) is 29.1 Å². The van der Waals surface area contributed by atoms with E-state index in [9.17, 15) is 4.39 Å². The fraction of sp³-hybridized carbons (Fsp3) is 0.111. The second kappa shape index (κ2) is 4.39. The zero-order valence-corrected chi connectivity index (χ0v) is 9.16. The molecule has 2 aromatic rings. The van der Waals surface area contributed by atoms with Crippen LogP contribution in [0.1, 0.15) is 5.82 Å². The highest BCUT2D eigenvalue weighted by molar-refractivity contribution is 9.10. The molecule has 0 aromatic carbocycles. The Morgan fingerprint density at radius 3 is 3.00 bits per heavy atom. The van der Waals surface area contributed by atoms with Crippen molar-refractivity contribution in [1.82, 2.24) is 15.0 Å². The van der Waals surface area contributed by atoms with Gasteiger partial charge in [0.05, 0.1) is 0 Å². The largest absolute Gasteiger partial charge is 0.485 e. The molecule has 0 saturated heterocycles. The molecule has 0 fully saturated rings. The molecular weight excluding hydrogens is 265 g/mol. The minimum atomic E-state index is -0.584. The minimum absolute atomic E-state index is 0.267. The highest BCUT2D eigenvalue weighted by Crippen LogP contribution is 2.18. The summed E-state index contributed by atoms with van der Waals surface area (Å²) in [6.07, 6.45) is 3.32. The molecule has 0 unspecified atom stereocenters. The van der Waals surface area contributed by atoms with Gasteiger partial charge in [0, 0.05) is 24.5 Å². The summed E-state index contributed by atoms with van der Waals surface area (Å²) in [6.45, 7) is 0.267. The number of imidazole rings is 1. The third-order valence-corrected chi connectivity index (χ3v) is 2.07. The highest BCUT2D eigenvalue weighted by atomic mass is 79.9. The summed E-state index contributed by atoms with van der Waals surface area (Å²) in [5.41, 5.74) is 0. The Kier molecular flexibility index (Phi) is 2.96. The lowest BCUT2D eigenvalue weighted by molar-refractivity contribution is 0.294. The summed E-state index contributed by atoms with van der Waals surface area (Å²) in [4.78, 5) is 10.4. The Morgan fingerprint density at radius 1 is 1.47 bits per heavy atom. The van der Waals surface area contributed by atoms with Crippen molar-refractivity contribution in [3.63, 3.8) is 0 Å². The number of hydrogen-bond donors (Lipinski definition) is 1. The van der Waals surface area contributed by atoms with E-state index >= 15 is 0 Å². The monoisotopic (exact) mass is 271 g/mol. The van der Waals surface area contributed by atoms with Gasteiger partial charge in [0.1, 0.15) is 22.8 Å². The van der Waals surface area contributed by atoms with Gasteiger partial charge in [-0.1, -0.05) is 0 Å². The lowest BCUT2D eigenvalue weighted by atomic mass is 10.4. The van der Waals surface area contributed by atoms with E-state index in [0.717, 1.165) is 0 Å². The molecule has 0 aliphatic carbocycles. The molecule has 15 heavy (non-hydrogen) atoms. The van der Waals surface area contributed by atoms with Gasteiger partial charge in [0.2, 0.25) is 5.95 Å². The van der Waals surface area contributed by atoms with Gasteiger partial charge in [0.25, 0.3) is 0 Å². The van der Waals surface area contributed by atoms with Gasteiger partial charge in [-0.2, -0.15) is 4.39 Å². The van der Waals surface area contributed by atoms with Crippen LogP contribution in [-0.4, -0.2) is 15.0 Å². The Balaban J connectivity index is 2.05. The van der Waals surface area contributed by atoms with Gasteiger partial charge in [-0.05, 0) is 15.9 Å². The van der Waals surface area contributed by atoms with Crippen molar-refractivity contribution in [2.24, 2.45) is 0 Å². The summed E-state index contributed by atoms with van der Waals surface area (Å²) in [5.74, 6) is 0.507. The summed E-state index contributed by atoms with van der Waals surface area (Å²) >= 11 is 3.08. The molecule has 78 valence electrons. The molecule has 1 N–H and O–H groups in total. The summed E-state index contributed by atoms with van der Waals surface area (Å²) in [5, 5.41) is 0. The fourth-order valence-corrected chi connectivity index (χ4v) is 1.45. The number of ether oxygens (including phenoxy) is 1. The van der Waals surface area contributed by atoms with Crippen LogP contribution < -0.4 is 4.74 Å². The molecule has 0 saturated carbocycles. The number of H-pyrrole nitrogens is 1. The average molecular weight is 272 g/mol. The normalized spacial score (nSPS) is 10.3. The van der Waals surface area contributed by atoms with Crippen LogP contribution in [0.3, 0.4) is 0 Å².